The number of likely N-dealkylation sites (N-methyl/N-ethyl adjacent to an activating group) is 1. The van der Waals surface area contributed by atoms with E-state index in [4.69, 9.17) is 26.3 Å². The van der Waals surface area contributed by atoms with Gasteiger partial charge in [0, 0.05) is 62.0 Å². The topological polar surface area (TPSA) is 69.7 Å². The predicted molar refractivity (Wildman–Crippen MR) is 206 cm³/mol. The third-order valence-electron chi connectivity index (χ3n) is 10.9. The van der Waals surface area contributed by atoms with Crippen LogP contribution in [0.1, 0.15) is 93.4 Å². The molecule has 7 rings (SSSR count). The Bertz CT molecular complexity index is 1690. The SMILES string of the molecule is CCCc1ccccc1C1Cc2nc(OC)nc(N3CCCN/C(=C(Cl)\C(=C(/C)CC)c4ccccn4)C3)c2CN1C.FC1CC2CCCN2C1. The second-order valence-electron chi connectivity index (χ2n) is 14.4. The Morgan fingerprint density at radius 3 is 2.63 bits per heavy atom. The molecule has 3 atom stereocenters. The van der Waals surface area contributed by atoms with Gasteiger partial charge in [-0.05, 0) is 82.3 Å². The van der Waals surface area contributed by atoms with Crippen LogP contribution >= 0.6 is 11.6 Å². The molecule has 0 radical (unpaired) electrons. The first-order valence-corrected chi connectivity index (χ1v) is 19.3. The van der Waals surface area contributed by atoms with E-state index in [0.717, 1.165) is 98.2 Å². The van der Waals surface area contributed by atoms with E-state index in [9.17, 15) is 4.39 Å². The van der Waals surface area contributed by atoms with Crippen molar-refractivity contribution in [1.82, 2.24) is 30.1 Å². The molecule has 0 aliphatic carbocycles. The maximum Gasteiger partial charge on any atom is 0.318 e. The van der Waals surface area contributed by atoms with Gasteiger partial charge >= 0.3 is 6.01 Å². The van der Waals surface area contributed by atoms with E-state index in [-0.39, 0.29) is 6.04 Å². The Balaban J connectivity index is 0.000000428. The molecular weight excluding hydrogens is 661 g/mol. The van der Waals surface area contributed by atoms with E-state index in [1.165, 1.54) is 35.1 Å². The van der Waals surface area contributed by atoms with Gasteiger partial charge in [-0.25, -0.2) is 4.39 Å². The van der Waals surface area contributed by atoms with Gasteiger partial charge in [-0.2, -0.15) is 9.97 Å². The highest BCUT2D eigenvalue weighted by Gasteiger charge is 2.35. The number of benzene rings is 1. The van der Waals surface area contributed by atoms with Crippen LogP contribution in [0, 0.1) is 0 Å². The van der Waals surface area contributed by atoms with Crippen LogP contribution in [0.3, 0.4) is 0 Å². The summed E-state index contributed by atoms with van der Waals surface area (Å²) in [6.45, 7) is 11.5. The quantitative estimate of drug-likeness (QED) is 0.253. The molecule has 4 aliphatic rings. The fourth-order valence-corrected chi connectivity index (χ4v) is 8.51. The molecule has 274 valence electrons. The number of hydrogen-bond donors (Lipinski definition) is 1. The molecule has 6 heterocycles. The number of nitrogens with zero attached hydrogens (tertiary/aromatic N) is 6. The van der Waals surface area contributed by atoms with Crippen molar-refractivity contribution in [2.45, 2.75) is 96.9 Å². The Hall–Kier alpha value is -3.53. The van der Waals surface area contributed by atoms with Crippen LogP contribution in [0.25, 0.3) is 5.57 Å². The second kappa shape index (κ2) is 17.3. The third-order valence-corrected chi connectivity index (χ3v) is 11.3. The van der Waals surface area contributed by atoms with E-state index in [1.54, 1.807) is 7.11 Å². The fourth-order valence-electron chi connectivity index (χ4n) is 8.13. The smallest absolute Gasteiger partial charge is 0.318 e. The second-order valence-corrected chi connectivity index (χ2v) is 14.8. The molecule has 1 aromatic carbocycles. The van der Waals surface area contributed by atoms with Gasteiger partial charge < -0.3 is 15.0 Å². The first kappa shape index (κ1) is 37.2. The third kappa shape index (κ3) is 8.58. The Kier molecular flexibility index (Phi) is 12.6. The van der Waals surface area contributed by atoms with Gasteiger partial charge in [0.15, 0.2) is 0 Å². The summed E-state index contributed by atoms with van der Waals surface area (Å²) >= 11 is 7.24. The zero-order valence-electron chi connectivity index (χ0n) is 31.1. The largest absolute Gasteiger partial charge is 0.467 e. The van der Waals surface area contributed by atoms with E-state index in [1.807, 2.05) is 24.4 Å². The summed E-state index contributed by atoms with van der Waals surface area (Å²) in [5.41, 5.74) is 9.14. The van der Waals surface area contributed by atoms with E-state index in [2.05, 4.69) is 77.1 Å². The monoisotopic (exact) mass is 715 g/mol. The van der Waals surface area contributed by atoms with Gasteiger partial charge in [0.05, 0.1) is 35.8 Å². The molecule has 3 aromatic rings. The zero-order chi connectivity index (χ0) is 35.9. The highest BCUT2D eigenvalue weighted by atomic mass is 35.5. The molecule has 3 fully saturated rings. The van der Waals surface area contributed by atoms with Gasteiger partial charge in [-0.3, -0.25) is 14.8 Å². The molecule has 51 heavy (non-hydrogen) atoms. The summed E-state index contributed by atoms with van der Waals surface area (Å²) in [6.07, 6.45) is 9.51. The molecule has 8 nitrogen and oxygen atoms in total. The van der Waals surface area contributed by atoms with E-state index < -0.39 is 6.17 Å². The van der Waals surface area contributed by atoms with Gasteiger partial charge in [0.1, 0.15) is 12.0 Å². The van der Waals surface area contributed by atoms with E-state index >= 15 is 0 Å². The Morgan fingerprint density at radius 2 is 1.88 bits per heavy atom. The van der Waals surface area contributed by atoms with Crippen molar-refractivity contribution in [3.8, 4) is 6.01 Å². The Morgan fingerprint density at radius 1 is 1.06 bits per heavy atom. The summed E-state index contributed by atoms with van der Waals surface area (Å²) < 4.78 is 18.3. The molecule has 3 saturated heterocycles. The number of methoxy groups -OCH3 is 1. The van der Waals surface area contributed by atoms with Crippen molar-refractivity contribution in [2.75, 3.05) is 51.8 Å². The molecule has 2 aromatic heterocycles. The molecule has 3 unspecified atom stereocenters. The maximum absolute atomic E-state index is 12.6. The number of nitrogens with one attached hydrogen (secondary N) is 1. The molecule has 0 spiro atoms. The molecule has 0 amide bonds. The van der Waals surface area contributed by atoms with Crippen LogP contribution in [0.4, 0.5) is 10.2 Å². The molecule has 10 heteroatoms. The number of halogens is 2. The number of fused-ring (bicyclic) bond motifs is 2. The van der Waals surface area contributed by atoms with Gasteiger partial charge in [-0.1, -0.05) is 67.8 Å². The summed E-state index contributed by atoms with van der Waals surface area (Å²) in [5, 5.41) is 4.36. The standard InChI is InChI=1S/C34H43ClN6O.C7H12FN/c1-6-13-24-14-8-9-15-25(24)30-20-28-26(21-40(30)4)33(39-34(38-28)42-5)41-19-12-18-37-29(22-41)32(35)31(23(3)7-2)27-16-10-11-17-36-27;8-6-4-7-2-1-3-9(7)5-6/h8-11,14-17,30,37H,6-7,12-13,18-22H2,1-5H3;6-7H,1-5H2/b31-23+,32-29+;. The lowest BCUT2D eigenvalue weighted by molar-refractivity contribution is 0.212. The maximum atomic E-state index is 12.6. The van der Waals surface area contributed by atoms with Crippen LogP contribution in [0.2, 0.25) is 0 Å². The summed E-state index contributed by atoms with van der Waals surface area (Å²) in [6, 6.07) is 16.1. The highest BCUT2D eigenvalue weighted by Crippen LogP contribution is 2.39. The fraction of sp³-hybridized carbons (Fsp3) is 0.537. The number of anilines is 1. The number of aryl methyl sites for hydroxylation is 1. The number of aromatic nitrogens is 3. The molecule has 1 N–H and O–H groups in total. The number of rotatable bonds is 8. The predicted octanol–water partition coefficient (Wildman–Crippen LogP) is 7.89. The average molecular weight is 716 g/mol. The number of pyridine rings is 1. The number of alkyl halides is 1. The molecule has 0 bridgehead atoms. The van der Waals surface area contributed by atoms with Crippen LogP contribution in [0.15, 0.2) is 65.0 Å². The lowest BCUT2D eigenvalue weighted by atomic mass is 9.89. The van der Waals surface area contributed by atoms with Gasteiger partial charge in [-0.15, -0.1) is 0 Å². The van der Waals surface area contributed by atoms with Crippen LogP contribution in [-0.4, -0.2) is 83.8 Å². The minimum atomic E-state index is -0.518. The van der Waals surface area contributed by atoms with Crippen molar-refractivity contribution in [1.29, 1.82) is 0 Å². The highest BCUT2D eigenvalue weighted by molar-refractivity contribution is 6.37. The van der Waals surface area contributed by atoms with Crippen LogP contribution in [-0.2, 0) is 19.4 Å². The summed E-state index contributed by atoms with van der Waals surface area (Å²) in [4.78, 5) is 21.6. The minimum absolute atomic E-state index is 0.256. The van der Waals surface area contributed by atoms with Gasteiger partial charge in [0.2, 0.25) is 0 Å². The van der Waals surface area contributed by atoms with Crippen molar-refractivity contribution in [2.24, 2.45) is 0 Å². The first-order chi connectivity index (χ1) is 24.8. The minimum Gasteiger partial charge on any atom is -0.467 e. The number of ether oxygens (including phenoxy) is 1. The normalized spacial score (nSPS) is 23.7. The molecule has 0 saturated carbocycles. The molecule has 4 aliphatic heterocycles. The van der Waals surface area contributed by atoms with Gasteiger partial charge in [0.25, 0.3) is 0 Å². The first-order valence-electron chi connectivity index (χ1n) is 18.9. The summed E-state index contributed by atoms with van der Waals surface area (Å²) in [5.74, 6) is 0.935. The van der Waals surface area contributed by atoms with Crippen LogP contribution < -0.4 is 15.0 Å². The van der Waals surface area contributed by atoms with Crippen molar-refractivity contribution >= 4 is 23.0 Å². The lowest BCUT2D eigenvalue weighted by Gasteiger charge is -2.37. The van der Waals surface area contributed by atoms with Crippen molar-refractivity contribution in [3.05, 3.63) is 93.0 Å². The van der Waals surface area contributed by atoms with Crippen molar-refractivity contribution < 1.29 is 9.13 Å². The Labute approximate surface area is 309 Å². The molecular formula is C41H55ClFN7O. The zero-order valence-corrected chi connectivity index (χ0v) is 31.9. The summed E-state index contributed by atoms with van der Waals surface area (Å²) in [7, 11) is 3.87. The lowest BCUT2D eigenvalue weighted by Crippen LogP contribution is -2.36. The van der Waals surface area contributed by atoms with Crippen molar-refractivity contribution in [3.63, 3.8) is 0 Å². The average Bonchev–Trinajstić information content (AvgIpc) is 3.63. The number of allylic oxidation sites excluding steroid dienone is 3. The van der Waals surface area contributed by atoms with Crippen LogP contribution in [0.5, 0.6) is 6.01 Å². The number of hydrogen-bond acceptors (Lipinski definition) is 8. The van der Waals surface area contributed by atoms with E-state index in [0.29, 0.717) is 25.1 Å².